The van der Waals surface area contributed by atoms with Crippen molar-refractivity contribution < 1.29 is 9.90 Å². The number of carbonyl (C=O) groups is 1. The van der Waals surface area contributed by atoms with Crippen molar-refractivity contribution in [2.45, 2.75) is 31.5 Å². The summed E-state index contributed by atoms with van der Waals surface area (Å²) in [6.07, 6.45) is 4.34. The maximum absolute atomic E-state index is 12.7. The minimum atomic E-state index is -1.17. The summed E-state index contributed by atoms with van der Waals surface area (Å²) in [6.45, 7) is 0.414. The Morgan fingerprint density at radius 2 is 2.14 bits per heavy atom. The lowest BCUT2D eigenvalue weighted by Crippen LogP contribution is -2.37. The lowest BCUT2D eigenvalue weighted by atomic mass is 10.1. The van der Waals surface area contributed by atoms with Gasteiger partial charge in [-0.25, -0.2) is 4.98 Å². The Bertz CT molecular complexity index is 664. The number of imidazole rings is 1. The molecule has 0 radical (unpaired) electrons. The van der Waals surface area contributed by atoms with Crippen molar-refractivity contribution in [2.75, 3.05) is 0 Å². The number of halogens is 1. The number of rotatable bonds is 5. The molecule has 1 aliphatic carbocycles. The van der Waals surface area contributed by atoms with Gasteiger partial charge in [-0.15, -0.1) is 0 Å². The van der Waals surface area contributed by atoms with E-state index in [1.165, 1.54) is 0 Å². The number of aliphatic hydroxyl groups excluding tert-OH is 1. The fourth-order valence-electron chi connectivity index (χ4n) is 2.42. The third kappa shape index (κ3) is 3.15. The minimum absolute atomic E-state index is 0.200. The predicted molar refractivity (Wildman–Crippen MR) is 83.2 cm³/mol. The summed E-state index contributed by atoms with van der Waals surface area (Å²) in [5.41, 5.74) is 0.555. The molecule has 1 unspecified atom stereocenters. The maximum atomic E-state index is 12.7. The SMILES string of the molecule is Cn1ccnc1CN(C(=O)C(O)c1ccc(Cl)cc1)C1CC1. The highest BCUT2D eigenvalue weighted by Gasteiger charge is 2.36. The maximum Gasteiger partial charge on any atom is 0.256 e. The molecule has 1 aliphatic rings. The molecule has 0 aliphatic heterocycles. The van der Waals surface area contributed by atoms with Crippen LogP contribution in [0, 0.1) is 0 Å². The second-order valence-corrected chi connectivity index (χ2v) is 6.04. The lowest BCUT2D eigenvalue weighted by molar-refractivity contribution is -0.142. The van der Waals surface area contributed by atoms with Crippen LogP contribution < -0.4 is 0 Å². The van der Waals surface area contributed by atoms with E-state index >= 15 is 0 Å². The number of aliphatic hydroxyl groups is 1. The number of hydrogen-bond acceptors (Lipinski definition) is 3. The van der Waals surface area contributed by atoms with Crippen LogP contribution in [0.25, 0.3) is 0 Å². The number of nitrogens with zero attached hydrogens (tertiary/aromatic N) is 3. The van der Waals surface area contributed by atoms with Crippen molar-refractivity contribution in [2.24, 2.45) is 7.05 Å². The molecular formula is C16H18ClN3O2. The summed E-state index contributed by atoms with van der Waals surface area (Å²) >= 11 is 5.84. The van der Waals surface area contributed by atoms with E-state index in [2.05, 4.69) is 4.98 Å². The number of aryl methyl sites for hydroxylation is 1. The molecular weight excluding hydrogens is 302 g/mol. The number of amides is 1. The molecule has 0 bridgehead atoms. The Labute approximate surface area is 134 Å². The molecule has 116 valence electrons. The van der Waals surface area contributed by atoms with Crippen LogP contribution in [0.4, 0.5) is 0 Å². The van der Waals surface area contributed by atoms with Gasteiger partial charge in [0, 0.05) is 30.5 Å². The third-order valence-corrected chi connectivity index (χ3v) is 4.18. The molecule has 1 amide bonds. The summed E-state index contributed by atoms with van der Waals surface area (Å²) in [6, 6.07) is 6.90. The van der Waals surface area contributed by atoms with Gasteiger partial charge in [-0.3, -0.25) is 4.79 Å². The first-order valence-corrected chi connectivity index (χ1v) is 7.64. The fraction of sp³-hybridized carbons (Fsp3) is 0.375. The van der Waals surface area contributed by atoms with Gasteiger partial charge in [-0.05, 0) is 30.5 Å². The van der Waals surface area contributed by atoms with E-state index in [-0.39, 0.29) is 11.9 Å². The second-order valence-electron chi connectivity index (χ2n) is 5.61. The van der Waals surface area contributed by atoms with Gasteiger partial charge in [0.05, 0.1) is 6.54 Å². The zero-order valence-electron chi connectivity index (χ0n) is 12.3. The first kappa shape index (κ1) is 15.1. The van der Waals surface area contributed by atoms with E-state index < -0.39 is 6.10 Å². The fourth-order valence-corrected chi connectivity index (χ4v) is 2.55. The highest BCUT2D eigenvalue weighted by molar-refractivity contribution is 6.30. The van der Waals surface area contributed by atoms with Crippen molar-refractivity contribution in [3.05, 3.63) is 53.1 Å². The van der Waals surface area contributed by atoms with Crippen LogP contribution in [0.5, 0.6) is 0 Å². The molecule has 22 heavy (non-hydrogen) atoms. The Kier molecular flexibility index (Phi) is 4.18. The van der Waals surface area contributed by atoms with Crippen LogP contribution in [0.15, 0.2) is 36.7 Å². The second kappa shape index (κ2) is 6.10. The van der Waals surface area contributed by atoms with Crippen LogP contribution in [0.2, 0.25) is 5.02 Å². The molecule has 1 heterocycles. The summed E-state index contributed by atoms with van der Waals surface area (Å²) < 4.78 is 1.89. The Balaban J connectivity index is 1.77. The lowest BCUT2D eigenvalue weighted by Gasteiger charge is -2.25. The summed E-state index contributed by atoms with van der Waals surface area (Å²) in [5, 5.41) is 10.9. The standard InChI is InChI=1S/C16H18ClN3O2/c1-19-9-8-18-14(19)10-20(13-6-7-13)16(22)15(21)11-2-4-12(17)5-3-11/h2-5,8-9,13,15,21H,6-7,10H2,1H3. The average Bonchev–Trinajstić information content (AvgIpc) is 3.27. The van der Waals surface area contributed by atoms with E-state index in [0.717, 1.165) is 18.7 Å². The first-order valence-electron chi connectivity index (χ1n) is 7.26. The van der Waals surface area contributed by atoms with Crippen LogP contribution >= 0.6 is 11.6 Å². The van der Waals surface area contributed by atoms with E-state index in [1.54, 1.807) is 35.4 Å². The van der Waals surface area contributed by atoms with Gasteiger partial charge in [-0.2, -0.15) is 0 Å². The normalized spacial score (nSPS) is 15.6. The summed E-state index contributed by atoms with van der Waals surface area (Å²) in [5.74, 6) is 0.524. The molecule has 0 spiro atoms. The summed E-state index contributed by atoms with van der Waals surface area (Å²) in [4.78, 5) is 18.6. The summed E-state index contributed by atoms with van der Waals surface area (Å²) in [7, 11) is 1.90. The van der Waals surface area contributed by atoms with E-state index in [0.29, 0.717) is 17.1 Å². The monoisotopic (exact) mass is 319 g/mol. The predicted octanol–water partition coefficient (Wildman–Crippen LogP) is 2.30. The molecule has 1 aromatic heterocycles. The topological polar surface area (TPSA) is 58.4 Å². The van der Waals surface area contributed by atoms with Crippen LogP contribution in [0.1, 0.15) is 30.3 Å². The Morgan fingerprint density at radius 3 is 2.68 bits per heavy atom. The average molecular weight is 320 g/mol. The molecule has 2 aromatic rings. The number of carbonyl (C=O) groups excluding carboxylic acids is 1. The first-order chi connectivity index (χ1) is 10.6. The van der Waals surface area contributed by atoms with Gasteiger partial charge in [0.2, 0.25) is 0 Å². The quantitative estimate of drug-likeness (QED) is 0.920. The molecule has 1 N–H and O–H groups in total. The number of hydrogen-bond donors (Lipinski definition) is 1. The molecule has 0 saturated heterocycles. The van der Waals surface area contributed by atoms with Gasteiger partial charge in [0.1, 0.15) is 5.82 Å². The minimum Gasteiger partial charge on any atom is -0.378 e. The number of aromatic nitrogens is 2. The van der Waals surface area contributed by atoms with E-state index in [1.807, 2.05) is 17.8 Å². The van der Waals surface area contributed by atoms with E-state index in [9.17, 15) is 9.90 Å². The van der Waals surface area contributed by atoms with Crippen molar-refractivity contribution >= 4 is 17.5 Å². The van der Waals surface area contributed by atoms with E-state index in [4.69, 9.17) is 11.6 Å². The van der Waals surface area contributed by atoms with Crippen molar-refractivity contribution in [3.63, 3.8) is 0 Å². The third-order valence-electron chi connectivity index (χ3n) is 3.92. The van der Waals surface area contributed by atoms with Gasteiger partial charge in [0.25, 0.3) is 5.91 Å². The molecule has 1 saturated carbocycles. The molecule has 6 heteroatoms. The number of benzene rings is 1. The highest BCUT2D eigenvalue weighted by atomic mass is 35.5. The molecule has 1 fully saturated rings. The molecule has 1 aromatic carbocycles. The van der Waals surface area contributed by atoms with Crippen LogP contribution in [-0.2, 0) is 18.4 Å². The molecule has 5 nitrogen and oxygen atoms in total. The van der Waals surface area contributed by atoms with Crippen molar-refractivity contribution in [3.8, 4) is 0 Å². The van der Waals surface area contributed by atoms with Gasteiger partial charge < -0.3 is 14.6 Å². The van der Waals surface area contributed by atoms with Crippen molar-refractivity contribution in [1.29, 1.82) is 0 Å². The Morgan fingerprint density at radius 1 is 1.45 bits per heavy atom. The van der Waals surface area contributed by atoms with Gasteiger partial charge in [0.15, 0.2) is 6.10 Å². The Hall–Kier alpha value is -1.85. The van der Waals surface area contributed by atoms with Crippen molar-refractivity contribution in [1.82, 2.24) is 14.5 Å². The van der Waals surface area contributed by atoms with Crippen LogP contribution in [0.3, 0.4) is 0 Å². The molecule has 3 rings (SSSR count). The zero-order chi connectivity index (χ0) is 15.7. The highest BCUT2D eigenvalue weighted by Crippen LogP contribution is 2.31. The van der Waals surface area contributed by atoms with Crippen LogP contribution in [-0.4, -0.2) is 31.5 Å². The largest absolute Gasteiger partial charge is 0.378 e. The van der Waals surface area contributed by atoms with Gasteiger partial charge in [-0.1, -0.05) is 23.7 Å². The zero-order valence-corrected chi connectivity index (χ0v) is 13.1. The van der Waals surface area contributed by atoms with Gasteiger partial charge >= 0.3 is 0 Å². The smallest absolute Gasteiger partial charge is 0.256 e. The molecule has 1 atom stereocenters.